The molecule has 0 aliphatic rings. The molecule has 0 atom stereocenters. The van der Waals surface area contributed by atoms with Gasteiger partial charge in [0.05, 0.1) is 11.3 Å². The van der Waals surface area contributed by atoms with Gasteiger partial charge in [0, 0.05) is 24.2 Å². The Morgan fingerprint density at radius 3 is 1.63 bits per heavy atom. The van der Waals surface area contributed by atoms with Crippen LogP contribution in [0.2, 0.25) is 0 Å². The van der Waals surface area contributed by atoms with E-state index in [1.54, 1.807) is 0 Å². The molecule has 0 unspecified atom stereocenters. The molecule has 6 heteroatoms. The van der Waals surface area contributed by atoms with Gasteiger partial charge in [0.2, 0.25) is 0 Å². The summed E-state index contributed by atoms with van der Waals surface area (Å²) in [6.07, 6.45) is 5.60. The molecule has 0 radical (unpaired) electrons. The van der Waals surface area contributed by atoms with Crippen LogP contribution in [0.4, 0.5) is 8.78 Å². The molecule has 7 aromatic rings. The Morgan fingerprint density at radius 1 is 0.561 bits per heavy atom. The Morgan fingerprint density at radius 2 is 1.10 bits per heavy atom. The molecule has 198 valence electrons. The fourth-order valence-electron chi connectivity index (χ4n) is 5.64. The van der Waals surface area contributed by atoms with Crippen LogP contribution >= 0.6 is 0 Å². The first-order chi connectivity index (χ1) is 20.2. The Bertz CT molecular complexity index is 1810. The Kier molecular flexibility index (Phi) is 6.01. The first-order valence-corrected chi connectivity index (χ1v) is 13.3. The lowest BCUT2D eigenvalue weighted by molar-refractivity contribution is 0.460. The number of aromatic nitrogens is 4. The lowest BCUT2D eigenvalue weighted by Crippen LogP contribution is -2.38. The van der Waals surface area contributed by atoms with Crippen molar-refractivity contribution in [1.29, 1.82) is 0 Å². The van der Waals surface area contributed by atoms with Crippen molar-refractivity contribution in [3.63, 3.8) is 0 Å². The molecule has 3 aromatic heterocycles. The monoisotopic (exact) mass is 538 g/mol. The Labute approximate surface area is 235 Å². The first-order valence-electron chi connectivity index (χ1n) is 13.3. The van der Waals surface area contributed by atoms with Crippen molar-refractivity contribution in [3.8, 4) is 22.5 Å². The highest BCUT2D eigenvalue weighted by Gasteiger charge is 2.40. The zero-order valence-electron chi connectivity index (χ0n) is 21.9. The molecule has 0 aliphatic carbocycles. The molecule has 0 aliphatic heterocycles. The summed E-state index contributed by atoms with van der Waals surface area (Å²) in [5, 5.41) is 5.04. The summed E-state index contributed by atoms with van der Waals surface area (Å²) in [4.78, 5) is 4.81. The minimum absolute atomic E-state index is 0.177. The molecule has 0 saturated carbocycles. The SMILES string of the molecule is Fc1cccc(F)c1-c1nn(C(c2ccccc2)(c2ccccc2)c2ccccc2)cc1-c1cn2ccccc2n1. The third-order valence-corrected chi connectivity index (χ3v) is 7.47. The van der Waals surface area contributed by atoms with E-state index in [-0.39, 0.29) is 11.3 Å². The van der Waals surface area contributed by atoms with Crippen LogP contribution in [-0.4, -0.2) is 19.2 Å². The predicted octanol–water partition coefficient (Wildman–Crippen LogP) is 7.98. The number of hydrogen-bond donors (Lipinski definition) is 0. The molecular weight excluding hydrogens is 514 g/mol. The number of hydrogen-bond acceptors (Lipinski definition) is 2. The molecule has 0 saturated heterocycles. The second-order valence-corrected chi connectivity index (χ2v) is 9.83. The molecule has 0 fully saturated rings. The number of pyridine rings is 1. The molecular formula is C35H24F2N4. The molecule has 41 heavy (non-hydrogen) atoms. The highest BCUT2D eigenvalue weighted by molar-refractivity contribution is 5.80. The third kappa shape index (κ3) is 4.03. The van der Waals surface area contributed by atoms with Crippen LogP contribution in [0.3, 0.4) is 0 Å². The van der Waals surface area contributed by atoms with Gasteiger partial charge in [0.1, 0.15) is 28.5 Å². The van der Waals surface area contributed by atoms with Gasteiger partial charge in [-0.25, -0.2) is 13.8 Å². The normalized spacial score (nSPS) is 11.7. The molecule has 4 aromatic carbocycles. The fourth-order valence-corrected chi connectivity index (χ4v) is 5.64. The zero-order valence-corrected chi connectivity index (χ0v) is 21.9. The summed E-state index contributed by atoms with van der Waals surface area (Å²) < 4.78 is 34.5. The summed E-state index contributed by atoms with van der Waals surface area (Å²) in [7, 11) is 0. The minimum Gasteiger partial charge on any atom is -0.306 e. The maximum absolute atomic E-state index is 15.4. The van der Waals surface area contributed by atoms with E-state index in [0.29, 0.717) is 11.3 Å². The number of nitrogens with zero attached hydrogens (tertiary/aromatic N) is 4. The Hall–Kier alpha value is -5.36. The van der Waals surface area contributed by atoms with Crippen LogP contribution < -0.4 is 0 Å². The standard InChI is InChI=1S/C35H24F2N4/c36-29-19-12-20-30(37)33(29)34-28(31-24-40-22-11-10-21-32(40)38-31)23-41(39-34)35(25-13-4-1-5-14-25,26-15-6-2-7-16-26)27-17-8-3-9-18-27/h1-24H. The van der Waals surface area contributed by atoms with Gasteiger partial charge in [-0.3, -0.25) is 4.68 Å². The van der Waals surface area contributed by atoms with Crippen LogP contribution in [0.1, 0.15) is 16.7 Å². The van der Waals surface area contributed by atoms with Gasteiger partial charge in [-0.2, -0.15) is 5.10 Å². The third-order valence-electron chi connectivity index (χ3n) is 7.47. The van der Waals surface area contributed by atoms with Crippen molar-refractivity contribution in [2.45, 2.75) is 5.54 Å². The second-order valence-electron chi connectivity index (χ2n) is 9.83. The molecule has 0 amide bonds. The summed E-state index contributed by atoms with van der Waals surface area (Å²) in [5.41, 5.74) is 3.66. The largest absolute Gasteiger partial charge is 0.306 e. The maximum Gasteiger partial charge on any atom is 0.138 e. The smallest absolute Gasteiger partial charge is 0.138 e. The van der Waals surface area contributed by atoms with Crippen molar-refractivity contribution in [2.75, 3.05) is 0 Å². The lowest BCUT2D eigenvalue weighted by Gasteiger charge is -2.36. The van der Waals surface area contributed by atoms with E-state index in [4.69, 9.17) is 10.1 Å². The van der Waals surface area contributed by atoms with Crippen LogP contribution in [0.15, 0.2) is 146 Å². The highest BCUT2D eigenvalue weighted by atomic mass is 19.1. The number of fused-ring (bicyclic) bond motifs is 1. The first kappa shape index (κ1) is 24.7. The molecule has 4 nitrogen and oxygen atoms in total. The van der Waals surface area contributed by atoms with E-state index in [9.17, 15) is 0 Å². The van der Waals surface area contributed by atoms with Gasteiger partial charge >= 0.3 is 0 Å². The predicted molar refractivity (Wildman–Crippen MR) is 156 cm³/mol. The number of imidazole rings is 1. The van der Waals surface area contributed by atoms with Gasteiger partial charge in [0.15, 0.2) is 0 Å². The highest BCUT2D eigenvalue weighted by Crippen LogP contribution is 2.43. The fraction of sp³-hybridized carbons (Fsp3) is 0.0286. The average molecular weight is 539 g/mol. The second kappa shape index (κ2) is 9.99. The van der Waals surface area contributed by atoms with Crippen molar-refractivity contribution >= 4 is 5.65 Å². The van der Waals surface area contributed by atoms with Gasteiger partial charge in [-0.1, -0.05) is 103 Å². The molecule has 3 heterocycles. The van der Waals surface area contributed by atoms with E-state index in [1.165, 1.54) is 18.2 Å². The van der Waals surface area contributed by atoms with Gasteiger partial charge in [0.25, 0.3) is 0 Å². The Balaban J connectivity index is 1.61. The summed E-state index contributed by atoms with van der Waals surface area (Å²) in [6.45, 7) is 0. The molecule has 0 N–H and O–H groups in total. The van der Waals surface area contributed by atoms with Crippen molar-refractivity contribution in [3.05, 3.63) is 174 Å². The van der Waals surface area contributed by atoms with Gasteiger partial charge in [-0.15, -0.1) is 0 Å². The molecule has 7 rings (SSSR count). The van der Waals surface area contributed by atoms with Crippen molar-refractivity contribution < 1.29 is 8.78 Å². The zero-order chi connectivity index (χ0) is 27.8. The summed E-state index contributed by atoms with van der Waals surface area (Å²) >= 11 is 0. The van der Waals surface area contributed by atoms with E-state index in [0.717, 1.165) is 22.3 Å². The van der Waals surface area contributed by atoms with E-state index in [2.05, 4.69) is 36.4 Å². The van der Waals surface area contributed by atoms with Crippen molar-refractivity contribution in [1.82, 2.24) is 19.2 Å². The molecule has 0 bridgehead atoms. The number of halogens is 2. The van der Waals surface area contributed by atoms with Crippen LogP contribution in [0, 0.1) is 11.6 Å². The topological polar surface area (TPSA) is 35.1 Å². The number of benzene rings is 4. The number of rotatable bonds is 6. The van der Waals surface area contributed by atoms with Crippen LogP contribution in [-0.2, 0) is 5.54 Å². The summed E-state index contributed by atoms with van der Waals surface area (Å²) in [5.74, 6) is -1.38. The minimum atomic E-state index is -0.961. The van der Waals surface area contributed by atoms with E-state index >= 15 is 8.78 Å². The van der Waals surface area contributed by atoms with Gasteiger partial charge in [-0.05, 0) is 41.0 Å². The summed E-state index contributed by atoms with van der Waals surface area (Å²) in [6, 6.07) is 39.7. The maximum atomic E-state index is 15.4. The lowest BCUT2D eigenvalue weighted by atomic mass is 9.77. The van der Waals surface area contributed by atoms with E-state index < -0.39 is 17.2 Å². The molecule has 0 spiro atoms. The quantitative estimate of drug-likeness (QED) is 0.201. The van der Waals surface area contributed by atoms with Crippen molar-refractivity contribution in [2.24, 2.45) is 0 Å². The van der Waals surface area contributed by atoms with Crippen LogP contribution in [0.5, 0.6) is 0 Å². The van der Waals surface area contributed by atoms with Crippen LogP contribution in [0.25, 0.3) is 28.2 Å². The average Bonchev–Trinajstić information content (AvgIpc) is 3.64. The van der Waals surface area contributed by atoms with E-state index in [1.807, 2.05) is 100 Å². The van der Waals surface area contributed by atoms with Gasteiger partial charge < -0.3 is 4.40 Å².